The Hall–Kier alpha value is 1.10. The van der Waals surface area contributed by atoms with Gasteiger partial charge in [0.25, 0.3) is 0 Å². The molecule has 0 aromatic rings. The Morgan fingerprint density at radius 2 is 1.38 bits per heavy atom. The van der Waals surface area contributed by atoms with Crippen LogP contribution < -0.4 is 0 Å². The second kappa shape index (κ2) is 4.01. The van der Waals surface area contributed by atoms with Crippen LogP contribution in [0.15, 0.2) is 0 Å². The van der Waals surface area contributed by atoms with Crippen molar-refractivity contribution in [1.82, 2.24) is 0 Å². The van der Waals surface area contributed by atoms with Crippen molar-refractivity contribution in [2.24, 2.45) is 11.8 Å². The van der Waals surface area contributed by atoms with Gasteiger partial charge in [-0.3, -0.25) is 0 Å². The van der Waals surface area contributed by atoms with Gasteiger partial charge in [0, 0.05) is 32.7 Å². The van der Waals surface area contributed by atoms with Gasteiger partial charge in [0.05, 0.1) is 0 Å². The largest absolute Gasteiger partial charge is 0.340 e. The molecule has 8 heavy (non-hydrogen) atoms. The fourth-order valence-electron chi connectivity index (χ4n) is 1.18. The third-order valence-corrected chi connectivity index (χ3v) is 1.65. The maximum Gasteiger partial charge on any atom is 0 e. The van der Waals surface area contributed by atoms with Gasteiger partial charge in [0.2, 0.25) is 0 Å². The predicted molar refractivity (Wildman–Crippen MR) is 31.5 cm³/mol. The molecule has 1 radical (unpaired) electrons. The first-order valence-corrected chi connectivity index (χ1v) is 2.95. The SMILES string of the molecule is [CH2-]C1CCC([CH2-])C1.[Y]. The molecule has 0 amide bonds. The van der Waals surface area contributed by atoms with Gasteiger partial charge in [-0.05, 0) is 0 Å². The molecular formula is C7H12Y-2. The van der Waals surface area contributed by atoms with Gasteiger partial charge in [-0.15, -0.1) is 6.42 Å². The second-order valence-electron chi connectivity index (χ2n) is 2.55. The van der Waals surface area contributed by atoms with Crippen LogP contribution in [-0.2, 0) is 32.7 Å². The van der Waals surface area contributed by atoms with E-state index in [4.69, 9.17) is 0 Å². The van der Waals surface area contributed by atoms with Crippen molar-refractivity contribution >= 4 is 0 Å². The van der Waals surface area contributed by atoms with E-state index in [1.54, 1.807) is 0 Å². The van der Waals surface area contributed by atoms with Crippen LogP contribution in [0.4, 0.5) is 0 Å². The van der Waals surface area contributed by atoms with Crippen LogP contribution in [0.3, 0.4) is 0 Å². The molecule has 1 fully saturated rings. The van der Waals surface area contributed by atoms with Crippen molar-refractivity contribution in [1.29, 1.82) is 0 Å². The van der Waals surface area contributed by atoms with Gasteiger partial charge in [0.1, 0.15) is 0 Å². The smallest absolute Gasteiger partial charge is 0 e. The standard InChI is InChI=1S/C7H12.Y/c1-6-3-4-7(2)5-6;/h6-7H,1-5H2;/q-2;. The zero-order chi connectivity index (χ0) is 5.28. The topological polar surface area (TPSA) is 0 Å². The third kappa shape index (κ3) is 2.59. The Morgan fingerprint density at radius 3 is 1.50 bits per heavy atom. The zero-order valence-electron chi connectivity index (χ0n) is 5.27. The Bertz CT molecular complexity index is 53.4. The van der Waals surface area contributed by atoms with Crippen molar-refractivity contribution in [3.05, 3.63) is 13.8 Å². The monoisotopic (exact) mass is 185 g/mol. The summed E-state index contributed by atoms with van der Waals surface area (Å²) in [5, 5.41) is 0. The molecule has 0 heterocycles. The van der Waals surface area contributed by atoms with Crippen molar-refractivity contribution in [3.63, 3.8) is 0 Å². The van der Waals surface area contributed by atoms with Gasteiger partial charge < -0.3 is 13.8 Å². The molecule has 2 unspecified atom stereocenters. The van der Waals surface area contributed by atoms with E-state index in [1.807, 2.05) is 0 Å². The van der Waals surface area contributed by atoms with Gasteiger partial charge in [0.15, 0.2) is 0 Å². The average Bonchev–Trinajstić information content (AvgIpc) is 1.87. The van der Waals surface area contributed by atoms with Gasteiger partial charge in [-0.1, -0.05) is 12.8 Å². The van der Waals surface area contributed by atoms with E-state index in [-0.39, 0.29) is 32.7 Å². The second-order valence-corrected chi connectivity index (χ2v) is 2.55. The van der Waals surface area contributed by atoms with E-state index in [0.29, 0.717) is 11.8 Å². The molecule has 45 valence electrons. The van der Waals surface area contributed by atoms with Crippen LogP contribution in [0.5, 0.6) is 0 Å². The van der Waals surface area contributed by atoms with E-state index in [0.717, 1.165) is 0 Å². The third-order valence-electron chi connectivity index (χ3n) is 1.65. The molecule has 0 spiro atoms. The first-order chi connectivity index (χ1) is 3.29. The van der Waals surface area contributed by atoms with Crippen LogP contribution >= 0.6 is 0 Å². The number of hydrogen-bond donors (Lipinski definition) is 0. The van der Waals surface area contributed by atoms with E-state index >= 15 is 0 Å². The average molecular weight is 185 g/mol. The summed E-state index contributed by atoms with van der Waals surface area (Å²) in [5.74, 6) is 1.42. The molecule has 1 aliphatic rings. The predicted octanol–water partition coefficient (Wildman–Crippen LogP) is 2.07. The van der Waals surface area contributed by atoms with Crippen LogP contribution in [0.25, 0.3) is 0 Å². The fourth-order valence-corrected chi connectivity index (χ4v) is 1.18. The van der Waals surface area contributed by atoms with Crippen molar-refractivity contribution in [2.45, 2.75) is 19.3 Å². The number of hydrogen-bond acceptors (Lipinski definition) is 0. The maximum absolute atomic E-state index is 3.95. The summed E-state index contributed by atoms with van der Waals surface area (Å²) in [7, 11) is 0. The molecule has 0 saturated heterocycles. The Kier molecular flexibility index (Phi) is 4.56. The minimum atomic E-state index is 0. The molecule has 0 aliphatic heterocycles. The molecule has 1 rings (SSSR count). The molecule has 0 N–H and O–H groups in total. The minimum Gasteiger partial charge on any atom is -0.340 e. The molecule has 2 atom stereocenters. The Morgan fingerprint density at radius 1 is 1.00 bits per heavy atom. The molecule has 0 aromatic heterocycles. The van der Waals surface area contributed by atoms with Gasteiger partial charge >= 0.3 is 0 Å². The summed E-state index contributed by atoms with van der Waals surface area (Å²) in [4.78, 5) is 0. The first-order valence-electron chi connectivity index (χ1n) is 2.95. The van der Waals surface area contributed by atoms with E-state index in [2.05, 4.69) is 13.8 Å². The van der Waals surface area contributed by atoms with Gasteiger partial charge in [-0.2, -0.15) is 11.8 Å². The molecule has 0 aromatic carbocycles. The van der Waals surface area contributed by atoms with E-state index in [9.17, 15) is 0 Å². The molecular weight excluding hydrogens is 173 g/mol. The summed E-state index contributed by atoms with van der Waals surface area (Å²) in [6, 6.07) is 0. The summed E-state index contributed by atoms with van der Waals surface area (Å²) < 4.78 is 0. The summed E-state index contributed by atoms with van der Waals surface area (Å²) in [6.45, 7) is 7.90. The van der Waals surface area contributed by atoms with Crippen molar-refractivity contribution in [3.8, 4) is 0 Å². The molecule has 0 nitrogen and oxygen atoms in total. The Labute approximate surface area is 77.3 Å². The van der Waals surface area contributed by atoms with E-state index in [1.165, 1.54) is 19.3 Å². The van der Waals surface area contributed by atoms with Crippen LogP contribution in [0.1, 0.15) is 19.3 Å². The molecule has 1 saturated carbocycles. The summed E-state index contributed by atoms with van der Waals surface area (Å²) in [5.41, 5.74) is 0. The van der Waals surface area contributed by atoms with Crippen molar-refractivity contribution in [2.75, 3.05) is 0 Å². The first kappa shape index (κ1) is 9.10. The fraction of sp³-hybridized carbons (Fsp3) is 0.714. The maximum atomic E-state index is 3.95. The van der Waals surface area contributed by atoms with Crippen LogP contribution in [0.2, 0.25) is 0 Å². The van der Waals surface area contributed by atoms with Crippen LogP contribution in [-0.4, -0.2) is 0 Å². The number of rotatable bonds is 0. The summed E-state index contributed by atoms with van der Waals surface area (Å²) >= 11 is 0. The minimum absolute atomic E-state index is 0. The Balaban J connectivity index is 0.000000490. The normalized spacial score (nSPS) is 36.8. The van der Waals surface area contributed by atoms with Crippen LogP contribution in [0, 0.1) is 25.7 Å². The molecule has 0 bridgehead atoms. The van der Waals surface area contributed by atoms with Gasteiger partial charge in [-0.25, -0.2) is 0 Å². The molecule has 1 aliphatic carbocycles. The molecule has 1 heteroatoms. The quantitative estimate of drug-likeness (QED) is 0.507. The summed E-state index contributed by atoms with van der Waals surface area (Å²) in [6.07, 6.45) is 3.85. The zero-order valence-corrected chi connectivity index (χ0v) is 8.11. The van der Waals surface area contributed by atoms with Crippen molar-refractivity contribution < 1.29 is 32.7 Å². The van der Waals surface area contributed by atoms with E-state index < -0.39 is 0 Å².